The van der Waals surface area contributed by atoms with Crippen molar-refractivity contribution in [3.63, 3.8) is 0 Å². The number of aromatic nitrogens is 3. The Morgan fingerprint density at radius 1 is 1.24 bits per heavy atom. The molecule has 4 heteroatoms. The van der Waals surface area contributed by atoms with Crippen LogP contribution in [0.15, 0.2) is 47.4 Å². The Morgan fingerprint density at radius 2 is 2.06 bits per heavy atom. The standard InChI is InChI=1S/C13H11N3O/c1-16-12(6-7-14-16)11-8-13(17)9-4-2-3-5-10(9)15-11/h2-8H,1H3,(H,15,17). The van der Waals surface area contributed by atoms with Gasteiger partial charge >= 0.3 is 0 Å². The highest BCUT2D eigenvalue weighted by molar-refractivity contribution is 5.80. The van der Waals surface area contributed by atoms with Crippen molar-refractivity contribution < 1.29 is 0 Å². The first-order valence-corrected chi connectivity index (χ1v) is 5.36. The zero-order valence-electron chi connectivity index (χ0n) is 9.34. The molecule has 0 saturated carbocycles. The smallest absolute Gasteiger partial charge is 0.190 e. The molecule has 2 aromatic heterocycles. The van der Waals surface area contributed by atoms with Crippen molar-refractivity contribution >= 4 is 10.9 Å². The first-order chi connectivity index (χ1) is 8.25. The quantitative estimate of drug-likeness (QED) is 0.688. The van der Waals surface area contributed by atoms with Crippen molar-refractivity contribution in [2.45, 2.75) is 0 Å². The van der Waals surface area contributed by atoms with Crippen LogP contribution in [-0.4, -0.2) is 14.8 Å². The van der Waals surface area contributed by atoms with Crippen molar-refractivity contribution in [3.05, 3.63) is 52.8 Å². The van der Waals surface area contributed by atoms with Gasteiger partial charge in [0, 0.05) is 30.2 Å². The molecule has 0 bridgehead atoms. The predicted octanol–water partition coefficient (Wildman–Crippen LogP) is 1.93. The molecule has 4 nitrogen and oxygen atoms in total. The van der Waals surface area contributed by atoms with Crippen molar-refractivity contribution in [2.75, 3.05) is 0 Å². The highest BCUT2D eigenvalue weighted by Gasteiger charge is 2.06. The molecular formula is C13H11N3O. The summed E-state index contributed by atoms with van der Waals surface area (Å²) in [5.41, 5.74) is 2.55. The Kier molecular flexibility index (Phi) is 2.08. The monoisotopic (exact) mass is 225 g/mol. The fraction of sp³-hybridized carbons (Fsp3) is 0.0769. The molecule has 2 heterocycles. The Bertz CT molecular complexity index is 740. The normalized spacial score (nSPS) is 10.9. The lowest BCUT2D eigenvalue weighted by atomic mass is 10.1. The van der Waals surface area contributed by atoms with E-state index in [-0.39, 0.29) is 5.43 Å². The third-order valence-electron chi connectivity index (χ3n) is 2.83. The molecule has 0 unspecified atom stereocenters. The first-order valence-electron chi connectivity index (χ1n) is 5.36. The Hall–Kier alpha value is -2.36. The number of aromatic amines is 1. The van der Waals surface area contributed by atoms with Gasteiger partial charge in [0.1, 0.15) is 0 Å². The van der Waals surface area contributed by atoms with E-state index >= 15 is 0 Å². The molecule has 0 fully saturated rings. The van der Waals surface area contributed by atoms with E-state index in [0.717, 1.165) is 16.9 Å². The number of H-pyrrole nitrogens is 1. The second-order valence-corrected chi connectivity index (χ2v) is 3.93. The van der Waals surface area contributed by atoms with E-state index in [4.69, 9.17) is 0 Å². The third kappa shape index (κ3) is 1.54. The lowest BCUT2D eigenvalue weighted by Gasteiger charge is -2.04. The zero-order chi connectivity index (χ0) is 11.8. The number of para-hydroxylation sites is 1. The lowest BCUT2D eigenvalue weighted by Crippen LogP contribution is -2.04. The van der Waals surface area contributed by atoms with Crippen LogP contribution in [0.4, 0.5) is 0 Å². The van der Waals surface area contributed by atoms with Crippen LogP contribution in [0, 0.1) is 0 Å². The summed E-state index contributed by atoms with van der Waals surface area (Å²) in [6, 6.07) is 11.0. The molecule has 3 rings (SSSR count). The second-order valence-electron chi connectivity index (χ2n) is 3.93. The molecule has 84 valence electrons. The molecular weight excluding hydrogens is 214 g/mol. The maximum atomic E-state index is 12.0. The van der Waals surface area contributed by atoms with Crippen molar-refractivity contribution in [1.82, 2.24) is 14.8 Å². The van der Waals surface area contributed by atoms with Crippen LogP contribution in [0.3, 0.4) is 0 Å². The fourth-order valence-electron chi connectivity index (χ4n) is 1.97. The van der Waals surface area contributed by atoms with Crippen LogP contribution in [0.1, 0.15) is 0 Å². The van der Waals surface area contributed by atoms with Gasteiger partial charge in [0.05, 0.1) is 11.4 Å². The summed E-state index contributed by atoms with van der Waals surface area (Å²) in [5.74, 6) is 0. The molecule has 0 atom stereocenters. The van der Waals surface area contributed by atoms with Gasteiger partial charge in [-0.3, -0.25) is 9.48 Å². The fourth-order valence-corrected chi connectivity index (χ4v) is 1.97. The molecule has 0 spiro atoms. The maximum absolute atomic E-state index is 12.0. The zero-order valence-corrected chi connectivity index (χ0v) is 9.34. The minimum Gasteiger partial charge on any atom is -0.353 e. The summed E-state index contributed by atoms with van der Waals surface area (Å²) < 4.78 is 1.74. The van der Waals surface area contributed by atoms with Gasteiger partial charge in [0.2, 0.25) is 0 Å². The third-order valence-corrected chi connectivity index (χ3v) is 2.83. The Balaban J connectivity index is 2.33. The SMILES string of the molecule is Cn1nccc1-c1cc(=O)c2ccccc2[nH]1. The molecule has 0 aliphatic heterocycles. The summed E-state index contributed by atoms with van der Waals surface area (Å²) in [6.45, 7) is 0. The summed E-state index contributed by atoms with van der Waals surface area (Å²) in [6.07, 6.45) is 1.71. The first kappa shape index (κ1) is 9.84. The minimum atomic E-state index is 0.0237. The molecule has 0 saturated heterocycles. The average molecular weight is 225 g/mol. The Labute approximate surface area is 97.5 Å². The second kappa shape index (κ2) is 3.59. The maximum Gasteiger partial charge on any atom is 0.190 e. The predicted molar refractivity (Wildman–Crippen MR) is 66.8 cm³/mol. The van der Waals surface area contributed by atoms with Crippen molar-refractivity contribution in [2.24, 2.45) is 7.05 Å². The summed E-state index contributed by atoms with van der Waals surface area (Å²) in [7, 11) is 1.85. The van der Waals surface area contributed by atoms with Crippen LogP contribution in [0.5, 0.6) is 0 Å². The van der Waals surface area contributed by atoms with E-state index in [1.54, 1.807) is 16.9 Å². The van der Waals surface area contributed by atoms with Gasteiger partial charge < -0.3 is 4.98 Å². The van der Waals surface area contributed by atoms with E-state index < -0.39 is 0 Å². The molecule has 1 N–H and O–H groups in total. The van der Waals surface area contributed by atoms with E-state index in [2.05, 4.69) is 10.1 Å². The van der Waals surface area contributed by atoms with Crippen LogP contribution in [0.25, 0.3) is 22.3 Å². The molecule has 0 amide bonds. The molecule has 0 aliphatic rings. The number of pyridine rings is 1. The van der Waals surface area contributed by atoms with Gasteiger partial charge in [-0.25, -0.2) is 0 Å². The lowest BCUT2D eigenvalue weighted by molar-refractivity contribution is 0.773. The highest BCUT2D eigenvalue weighted by Crippen LogP contribution is 2.16. The number of nitrogens with zero attached hydrogens (tertiary/aromatic N) is 2. The number of hydrogen-bond acceptors (Lipinski definition) is 2. The van der Waals surface area contributed by atoms with Crippen LogP contribution in [-0.2, 0) is 7.05 Å². The molecule has 1 aromatic carbocycles. The number of aryl methyl sites for hydroxylation is 1. The van der Waals surface area contributed by atoms with Crippen LogP contribution < -0.4 is 5.43 Å². The molecule has 3 aromatic rings. The summed E-state index contributed by atoms with van der Waals surface area (Å²) >= 11 is 0. The number of hydrogen-bond donors (Lipinski definition) is 1. The van der Waals surface area contributed by atoms with E-state index in [9.17, 15) is 4.79 Å². The van der Waals surface area contributed by atoms with E-state index in [0.29, 0.717) is 5.39 Å². The summed E-state index contributed by atoms with van der Waals surface area (Å²) in [4.78, 5) is 15.2. The van der Waals surface area contributed by atoms with Gasteiger partial charge in [0.25, 0.3) is 0 Å². The summed E-state index contributed by atoms with van der Waals surface area (Å²) in [5, 5.41) is 4.80. The molecule has 17 heavy (non-hydrogen) atoms. The molecule has 0 aliphatic carbocycles. The average Bonchev–Trinajstić information content (AvgIpc) is 2.75. The van der Waals surface area contributed by atoms with Gasteiger partial charge in [-0.05, 0) is 18.2 Å². The number of nitrogens with one attached hydrogen (secondary N) is 1. The topological polar surface area (TPSA) is 50.7 Å². The minimum absolute atomic E-state index is 0.0237. The van der Waals surface area contributed by atoms with E-state index in [1.165, 1.54) is 0 Å². The van der Waals surface area contributed by atoms with Crippen molar-refractivity contribution in [1.29, 1.82) is 0 Å². The number of rotatable bonds is 1. The highest BCUT2D eigenvalue weighted by atomic mass is 16.1. The molecule has 0 radical (unpaired) electrons. The van der Waals surface area contributed by atoms with Crippen molar-refractivity contribution in [3.8, 4) is 11.4 Å². The van der Waals surface area contributed by atoms with Gasteiger partial charge in [-0.2, -0.15) is 5.10 Å². The van der Waals surface area contributed by atoms with E-state index in [1.807, 2.05) is 37.4 Å². The van der Waals surface area contributed by atoms with Crippen LogP contribution >= 0.6 is 0 Å². The van der Waals surface area contributed by atoms with Gasteiger partial charge in [0.15, 0.2) is 5.43 Å². The van der Waals surface area contributed by atoms with Gasteiger partial charge in [-0.15, -0.1) is 0 Å². The number of benzene rings is 1. The Morgan fingerprint density at radius 3 is 2.82 bits per heavy atom. The van der Waals surface area contributed by atoms with Crippen LogP contribution in [0.2, 0.25) is 0 Å². The van der Waals surface area contributed by atoms with Gasteiger partial charge in [-0.1, -0.05) is 12.1 Å². The largest absolute Gasteiger partial charge is 0.353 e. The number of fused-ring (bicyclic) bond motifs is 1.